The summed E-state index contributed by atoms with van der Waals surface area (Å²) in [5.41, 5.74) is 1.99. The van der Waals surface area contributed by atoms with Gasteiger partial charge in [0.25, 0.3) is 0 Å². The van der Waals surface area contributed by atoms with E-state index in [1.807, 2.05) is 6.07 Å². The monoisotopic (exact) mass is 316 g/mol. The second-order valence-corrected chi connectivity index (χ2v) is 5.49. The van der Waals surface area contributed by atoms with Crippen LogP contribution in [0.3, 0.4) is 0 Å². The average molecular weight is 318 g/mol. The lowest BCUT2D eigenvalue weighted by atomic mass is 9.93. The van der Waals surface area contributed by atoms with E-state index >= 15 is 0 Å². The van der Waals surface area contributed by atoms with Crippen molar-refractivity contribution in [1.29, 1.82) is 0 Å². The Morgan fingerprint density at radius 3 is 2.26 bits per heavy atom. The fourth-order valence-electron chi connectivity index (χ4n) is 1.95. The van der Waals surface area contributed by atoms with E-state index < -0.39 is 0 Å². The predicted octanol–water partition coefficient (Wildman–Crippen LogP) is 5.70. The van der Waals surface area contributed by atoms with Crippen molar-refractivity contribution in [2.75, 3.05) is 5.88 Å². The van der Waals surface area contributed by atoms with Gasteiger partial charge in [0, 0.05) is 21.8 Å². The van der Waals surface area contributed by atoms with E-state index in [1.165, 1.54) is 12.1 Å². The third-order valence-corrected chi connectivity index (χ3v) is 3.97. The Labute approximate surface area is 127 Å². The van der Waals surface area contributed by atoms with Gasteiger partial charge in [-0.25, -0.2) is 4.39 Å². The standard InChI is InChI=1S/C15H12Cl3F/c16-9-12(10-2-5-14(19)6-3-10)7-11-1-4-13(17)8-15(11)18/h1-6,8,12H,7,9H2. The Morgan fingerprint density at radius 2 is 1.68 bits per heavy atom. The number of benzene rings is 2. The smallest absolute Gasteiger partial charge is 0.123 e. The zero-order valence-electron chi connectivity index (χ0n) is 10.0. The fourth-order valence-corrected chi connectivity index (χ4v) is 2.72. The molecule has 0 aromatic heterocycles. The van der Waals surface area contributed by atoms with E-state index in [1.54, 1.807) is 24.3 Å². The Balaban J connectivity index is 2.21. The molecule has 0 radical (unpaired) electrons. The quantitative estimate of drug-likeness (QED) is 0.635. The van der Waals surface area contributed by atoms with E-state index in [9.17, 15) is 4.39 Å². The summed E-state index contributed by atoms with van der Waals surface area (Å²) in [6, 6.07) is 11.8. The number of hydrogen-bond donors (Lipinski definition) is 0. The second kappa shape index (κ2) is 6.60. The van der Waals surface area contributed by atoms with Crippen LogP contribution in [0.4, 0.5) is 4.39 Å². The molecule has 0 aliphatic carbocycles. The summed E-state index contributed by atoms with van der Waals surface area (Å²) in [4.78, 5) is 0. The minimum absolute atomic E-state index is 0.0981. The summed E-state index contributed by atoms with van der Waals surface area (Å²) in [6.45, 7) is 0. The Kier molecular flexibility index (Phi) is 5.09. The van der Waals surface area contributed by atoms with Crippen molar-refractivity contribution in [3.63, 3.8) is 0 Å². The molecule has 0 saturated heterocycles. The Morgan fingerprint density at radius 1 is 1.00 bits per heavy atom. The highest BCUT2D eigenvalue weighted by molar-refractivity contribution is 6.35. The van der Waals surface area contributed by atoms with Crippen molar-refractivity contribution in [2.24, 2.45) is 0 Å². The van der Waals surface area contributed by atoms with Crippen LogP contribution >= 0.6 is 34.8 Å². The first-order valence-corrected chi connectivity index (χ1v) is 7.14. The number of rotatable bonds is 4. The lowest BCUT2D eigenvalue weighted by Crippen LogP contribution is -2.05. The highest BCUT2D eigenvalue weighted by atomic mass is 35.5. The third kappa shape index (κ3) is 3.85. The maximum Gasteiger partial charge on any atom is 0.123 e. The molecule has 0 fully saturated rings. The van der Waals surface area contributed by atoms with Gasteiger partial charge in [0.2, 0.25) is 0 Å². The molecule has 19 heavy (non-hydrogen) atoms. The fraction of sp³-hybridized carbons (Fsp3) is 0.200. The SMILES string of the molecule is Fc1ccc(C(CCl)Cc2ccc(Cl)cc2Cl)cc1. The van der Waals surface area contributed by atoms with Crippen molar-refractivity contribution >= 4 is 34.8 Å². The van der Waals surface area contributed by atoms with Crippen LogP contribution in [0.15, 0.2) is 42.5 Å². The second-order valence-electron chi connectivity index (χ2n) is 4.34. The van der Waals surface area contributed by atoms with Crippen LogP contribution in [-0.4, -0.2) is 5.88 Å². The van der Waals surface area contributed by atoms with Crippen LogP contribution in [0.5, 0.6) is 0 Å². The molecule has 0 aliphatic heterocycles. The molecule has 0 nitrogen and oxygen atoms in total. The summed E-state index contributed by atoms with van der Waals surface area (Å²) in [7, 11) is 0. The number of alkyl halides is 1. The minimum atomic E-state index is -0.249. The Hall–Kier alpha value is -0.760. The molecule has 0 heterocycles. The van der Waals surface area contributed by atoms with Gasteiger partial charge >= 0.3 is 0 Å². The summed E-state index contributed by atoms with van der Waals surface area (Å²) < 4.78 is 12.9. The highest BCUT2D eigenvalue weighted by Gasteiger charge is 2.13. The number of halogens is 4. The summed E-state index contributed by atoms with van der Waals surface area (Å²) in [5, 5.41) is 1.24. The van der Waals surface area contributed by atoms with Gasteiger partial charge in [-0.1, -0.05) is 41.4 Å². The highest BCUT2D eigenvalue weighted by Crippen LogP contribution is 2.28. The molecule has 0 N–H and O–H groups in total. The largest absolute Gasteiger partial charge is 0.207 e. The predicted molar refractivity (Wildman–Crippen MR) is 80.0 cm³/mol. The van der Waals surface area contributed by atoms with Gasteiger partial charge in [-0.3, -0.25) is 0 Å². The summed E-state index contributed by atoms with van der Waals surface area (Å²) in [5.74, 6) is 0.299. The van der Waals surface area contributed by atoms with Crippen LogP contribution in [0.2, 0.25) is 10.0 Å². The van der Waals surface area contributed by atoms with Crippen molar-refractivity contribution in [1.82, 2.24) is 0 Å². The first-order chi connectivity index (χ1) is 9.10. The maximum atomic E-state index is 12.9. The summed E-state index contributed by atoms with van der Waals surface area (Å²) >= 11 is 18.0. The molecule has 2 aromatic carbocycles. The molecule has 1 unspecified atom stereocenters. The van der Waals surface area contributed by atoms with E-state index in [0.717, 1.165) is 11.1 Å². The number of hydrogen-bond acceptors (Lipinski definition) is 0. The molecule has 0 spiro atoms. The molecule has 2 rings (SSSR count). The molecular weight excluding hydrogens is 306 g/mol. The zero-order chi connectivity index (χ0) is 13.8. The molecule has 2 aromatic rings. The zero-order valence-corrected chi connectivity index (χ0v) is 12.3. The van der Waals surface area contributed by atoms with Crippen molar-refractivity contribution in [3.8, 4) is 0 Å². The van der Waals surface area contributed by atoms with Gasteiger partial charge in [0.15, 0.2) is 0 Å². The van der Waals surface area contributed by atoms with Crippen LogP contribution in [0.25, 0.3) is 0 Å². The lowest BCUT2D eigenvalue weighted by Gasteiger charge is -2.15. The topological polar surface area (TPSA) is 0 Å². The Bertz CT molecular complexity index is 552. The first kappa shape index (κ1) is 14.6. The van der Waals surface area contributed by atoms with Crippen LogP contribution in [0.1, 0.15) is 17.0 Å². The van der Waals surface area contributed by atoms with E-state index in [-0.39, 0.29) is 11.7 Å². The molecule has 0 amide bonds. The minimum Gasteiger partial charge on any atom is -0.207 e. The van der Waals surface area contributed by atoms with Crippen LogP contribution in [0, 0.1) is 5.82 Å². The third-order valence-electron chi connectivity index (χ3n) is 3.01. The lowest BCUT2D eigenvalue weighted by molar-refractivity contribution is 0.625. The van der Waals surface area contributed by atoms with Gasteiger partial charge in [-0.2, -0.15) is 0 Å². The van der Waals surface area contributed by atoms with Gasteiger partial charge in [0.05, 0.1) is 0 Å². The van der Waals surface area contributed by atoms with Crippen molar-refractivity contribution < 1.29 is 4.39 Å². The van der Waals surface area contributed by atoms with Gasteiger partial charge < -0.3 is 0 Å². The molecule has 0 saturated carbocycles. The van der Waals surface area contributed by atoms with Gasteiger partial charge in [-0.05, 0) is 41.8 Å². The average Bonchev–Trinajstić information content (AvgIpc) is 2.39. The van der Waals surface area contributed by atoms with E-state index in [0.29, 0.717) is 22.3 Å². The molecule has 0 aliphatic rings. The van der Waals surface area contributed by atoms with Crippen molar-refractivity contribution in [2.45, 2.75) is 12.3 Å². The molecule has 0 bridgehead atoms. The van der Waals surface area contributed by atoms with E-state index in [2.05, 4.69) is 0 Å². The van der Waals surface area contributed by atoms with Gasteiger partial charge in [0.1, 0.15) is 5.82 Å². The molecule has 1 atom stereocenters. The maximum absolute atomic E-state index is 12.9. The first-order valence-electron chi connectivity index (χ1n) is 5.85. The molecular formula is C15H12Cl3F. The summed E-state index contributed by atoms with van der Waals surface area (Å²) in [6.07, 6.45) is 0.700. The van der Waals surface area contributed by atoms with Crippen molar-refractivity contribution in [3.05, 3.63) is 69.5 Å². The van der Waals surface area contributed by atoms with Gasteiger partial charge in [-0.15, -0.1) is 11.6 Å². The molecule has 4 heteroatoms. The van der Waals surface area contributed by atoms with E-state index in [4.69, 9.17) is 34.8 Å². The molecule has 100 valence electrons. The normalized spacial score (nSPS) is 12.4. The van der Waals surface area contributed by atoms with Crippen LogP contribution in [-0.2, 0) is 6.42 Å². The van der Waals surface area contributed by atoms with Crippen LogP contribution < -0.4 is 0 Å².